The van der Waals surface area contributed by atoms with Gasteiger partial charge in [-0.3, -0.25) is 4.79 Å². The number of aromatic nitrogens is 1. The van der Waals surface area contributed by atoms with Crippen LogP contribution in [0.2, 0.25) is 0 Å². The first-order valence-corrected chi connectivity index (χ1v) is 4.69. The van der Waals surface area contributed by atoms with E-state index < -0.39 is 0 Å². The SMILES string of the molecule is NCCCCC(=O)NCc1ccno1. The van der Waals surface area contributed by atoms with Crippen molar-refractivity contribution in [1.29, 1.82) is 0 Å². The Morgan fingerprint density at radius 1 is 1.57 bits per heavy atom. The number of hydrogen-bond acceptors (Lipinski definition) is 4. The molecule has 0 unspecified atom stereocenters. The van der Waals surface area contributed by atoms with E-state index in [2.05, 4.69) is 10.5 Å². The van der Waals surface area contributed by atoms with Gasteiger partial charge in [0.2, 0.25) is 5.91 Å². The van der Waals surface area contributed by atoms with Crippen LogP contribution in [0.25, 0.3) is 0 Å². The van der Waals surface area contributed by atoms with Crippen molar-refractivity contribution in [2.45, 2.75) is 25.8 Å². The Labute approximate surface area is 82.6 Å². The van der Waals surface area contributed by atoms with E-state index in [-0.39, 0.29) is 5.91 Å². The van der Waals surface area contributed by atoms with Gasteiger partial charge < -0.3 is 15.6 Å². The van der Waals surface area contributed by atoms with Crippen molar-refractivity contribution in [3.05, 3.63) is 18.0 Å². The van der Waals surface area contributed by atoms with E-state index in [1.807, 2.05) is 0 Å². The van der Waals surface area contributed by atoms with Crippen LogP contribution in [-0.4, -0.2) is 17.6 Å². The van der Waals surface area contributed by atoms with Crippen molar-refractivity contribution in [1.82, 2.24) is 10.5 Å². The molecule has 3 N–H and O–H groups in total. The highest BCUT2D eigenvalue weighted by atomic mass is 16.5. The summed E-state index contributed by atoms with van der Waals surface area (Å²) in [6, 6.07) is 1.72. The molecule has 0 aliphatic carbocycles. The zero-order valence-corrected chi connectivity index (χ0v) is 8.03. The van der Waals surface area contributed by atoms with Crippen LogP contribution in [0.1, 0.15) is 25.0 Å². The molecule has 78 valence electrons. The third kappa shape index (κ3) is 4.04. The van der Waals surface area contributed by atoms with E-state index in [4.69, 9.17) is 10.3 Å². The fourth-order valence-electron chi connectivity index (χ4n) is 1.04. The summed E-state index contributed by atoms with van der Waals surface area (Å²) in [5.41, 5.74) is 5.31. The molecule has 0 spiro atoms. The minimum absolute atomic E-state index is 0.0230. The number of carbonyl (C=O) groups is 1. The second kappa shape index (κ2) is 6.15. The molecule has 0 atom stereocenters. The smallest absolute Gasteiger partial charge is 0.220 e. The molecule has 0 aliphatic heterocycles. The first-order chi connectivity index (χ1) is 6.83. The Bertz CT molecular complexity index is 259. The summed E-state index contributed by atoms with van der Waals surface area (Å²) in [5, 5.41) is 6.26. The predicted octanol–water partition coefficient (Wildman–Crippen LogP) is 0.420. The molecular weight excluding hydrogens is 182 g/mol. The van der Waals surface area contributed by atoms with Crippen LogP contribution < -0.4 is 11.1 Å². The van der Waals surface area contributed by atoms with Gasteiger partial charge in [0, 0.05) is 12.5 Å². The number of nitrogens with one attached hydrogen (secondary N) is 1. The number of nitrogens with two attached hydrogens (primary N) is 1. The van der Waals surface area contributed by atoms with Gasteiger partial charge in [0.15, 0.2) is 5.76 Å². The van der Waals surface area contributed by atoms with Crippen molar-refractivity contribution in [3.63, 3.8) is 0 Å². The topological polar surface area (TPSA) is 81.2 Å². The van der Waals surface area contributed by atoms with Crippen molar-refractivity contribution >= 4 is 5.91 Å². The number of rotatable bonds is 6. The molecule has 5 nitrogen and oxygen atoms in total. The molecular formula is C9H15N3O2. The minimum atomic E-state index is 0.0230. The monoisotopic (exact) mass is 197 g/mol. The zero-order chi connectivity index (χ0) is 10.2. The van der Waals surface area contributed by atoms with E-state index >= 15 is 0 Å². The lowest BCUT2D eigenvalue weighted by Crippen LogP contribution is -2.22. The molecule has 14 heavy (non-hydrogen) atoms. The van der Waals surface area contributed by atoms with Crippen molar-refractivity contribution in [2.75, 3.05) is 6.54 Å². The Hall–Kier alpha value is -1.36. The normalized spacial score (nSPS) is 10.1. The summed E-state index contributed by atoms with van der Waals surface area (Å²) in [6.07, 6.45) is 3.79. The summed E-state index contributed by atoms with van der Waals surface area (Å²) in [5.74, 6) is 0.687. The molecule has 0 aliphatic rings. The van der Waals surface area contributed by atoms with Gasteiger partial charge >= 0.3 is 0 Å². The van der Waals surface area contributed by atoms with Crippen molar-refractivity contribution < 1.29 is 9.32 Å². The summed E-state index contributed by atoms with van der Waals surface area (Å²) in [7, 11) is 0. The summed E-state index contributed by atoms with van der Waals surface area (Å²) in [4.78, 5) is 11.2. The Balaban J connectivity index is 2.09. The Morgan fingerprint density at radius 3 is 3.07 bits per heavy atom. The molecule has 1 aromatic heterocycles. The van der Waals surface area contributed by atoms with Crippen molar-refractivity contribution in [2.24, 2.45) is 5.73 Å². The van der Waals surface area contributed by atoms with E-state index in [0.717, 1.165) is 12.8 Å². The van der Waals surface area contributed by atoms with E-state index in [9.17, 15) is 4.79 Å². The highest BCUT2D eigenvalue weighted by Gasteiger charge is 2.02. The van der Waals surface area contributed by atoms with Gasteiger partial charge in [0.1, 0.15) is 0 Å². The molecule has 1 heterocycles. The third-order valence-electron chi connectivity index (χ3n) is 1.81. The van der Waals surface area contributed by atoms with Crippen LogP contribution in [0, 0.1) is 0 Å². The quantitative estimate of drug-likeness (QED) is 0.647. The lowest BCUT2D eigenvalue weighted by molar-refractivity contribution is -0.121. The van der Waals surface area contributed by atoms with Crippen LogP contribution in [0.15, 0.2) is 16.8 Å². The molecule has 0 bridgehead atoms. The number of nitrogens with zero attached hydrogens (tertiary/aromatic N) is 1. The maximum atomic E-state index is 11.2. The minimum Gasteiger partial charge on any atom is -0.360 e. The number of unbranched alkanes of at least 4 members (excludes halogenated alkanes) is 1. The average Bonchev–Trinajstić information content (AvgIpc) is 2.68. The maximum absolute atomic E-state index is 11.2. The molecule has 0 aromatic carbocycles. The zero-order valence-electron chi connectivity index (χ0n) is 8.03. The lowest BCUT2D eigenvalue weighted by Gasteiger charge is -2.01. The predicted molar refractivity (Wildman–Crippen MR) is 51.3 cm³/mol. The molecule has 0 saturated carbocycles. The van der Waals surface area contributed by atoms with Crippen LogP contribution in [0.5, 0.6) is 0 Å². The van der Waals surface area contributed by atoms with Crippen LogP contribution in [-0.2, 0) is 11.3 Å². The van der Waals surface area contributed by atoms with Crippen molar-refractivity contribution in [3.8, 4) is 0 Å². The Kier molecular flexibility index (Phi) is 4.71. The highest BCUT2D eigenvalue weighted by molar-refractivity contribution is 5.75. The fraction of sp³-hybridized carbons (Fsp3) is 0.556. The fourth-order valence-corrected chi connectivity index (χ4v) is 1.04. The van der Waals surface area contributed by atoms with Crippen LogP contribution in [0.4, 0.5) is 0 Å². The standard InChI is InChI=1S/C9H15N3O2/c10-5-2-1-3-9(13)11-7-8-4-6-12-14-8/h4,6H,1-3,5,7,10H2,(H,11,13). The van der Waals surface area contributed by atoms with Gasteiger partial charge in [-0.15, -0.1) is 0 Å². The molecule has 0 saturated heterocycles. The first kappa shape index (κ1) is 10.7. The maximum Gasteiger partial charge on any atom is 0.220 e. The van der Waals surface area contributed by atoms with Crippen LogP contribution in [0.3, 0.4) is 0 Å². The average molecular weight is 197 g/mol. The second-order valence-electron chi connectivity index (χ2n) is 3.00. The highest BCUT2D eigenvalue weighted by Crippen LogP contribution is 1.97. The number of carbonyl (C=O) groups excluding carboxylic acids is 1. The second-order valence-corrected chi connectivity index (χ2v) is 3.00. The van der Waals surface area contributed by atoms with Gasteiger partial charge in [-0.1, -0.05) is 5.16 Å². The lowest BCUT2D eigenvalue weighted by atomic mass is 10.2. The van der Waals surface area contributed by atoms with E-state index in [1.54, 1.807) is 12.3 Å². The van der Waals surface area contributed by atoms with Crippen LogP contribution >= 0.6 is 0 Å². The summed E-state index contributed by atoms with van der Waals surface area (Å²) in [6.45, 7) is 1.04. The molecule has 1 aromatic rings. The molecule has 5 heteroatoms. The summed E-state index contributed by atoms with van der Waals surface area (Å²) < 4.78 is 4.82. The number of amides is 1. The molecule has 1 rings (SSSR count). The molecule has 1 amide bonds. The van der Waals surface area contributed by atoms with Gasteiger partial charge in [0.05, 0.1) is 12.7 Å². The van der Waals surface area contributed by atoms with Gasteiger partial charge in [0.25, 0.3) is 0 Å². The molecule has 0 fully saturated rings. The number of hydrogen-bond donors (Lipinski definition) is 2. The van der Waals surface area contributed by atoms with E-state index in [1.165, 1.54) is 0 Å². The van der Waals surface area contributed by atoms with E-state index in [0.29, 0.717) is 25.3 Å². The van der Waals surface area contributed by atoms with Gasteiger partial charge in [-0.2, -0.15) is 0 Å². The third-order valence-corrected chi connectivity index (χ3v) is 1.81. The molecule has 0 radical (unpaired) electrons. The first-order valence-electron chi connectivity index (χ1n) is 4.69. The van der Waals surface area contributed by atoms with Gasteiger partial charge in [-0.25, -0.2) is 0 Å². The van der Waals surface area contributed by atoms with Gasteiger partial charge in [-0.05, 0) is 19.4 Å². The summed E-state index contributed by atoms with van der Waals surface area (Å²) >= 11 is 0. The Morgan fingerprint density at radius 2 is 2.43 bits per heavy atom. The largest absolute Gasteiger partial charge is 0.360 e.